The van der Waals surface area contributed by atoms with Crippen LogP contribution in [0.4, 0.5) is 0 Å². The molecule has 1 fully saturated rings. The summed E-state index contributed by atoms with van der Waals surface area (Å²) < 4.78 is 0. The predicted molar refractivity (Wildman–Crippen MR) is 61.1 cm³/mol. The number of hydrogen-bond donors (Lipinski definition) is 4. The van der Waals surface area contributed by atoms with E-state index in [1.54, 1.807) is 0 Å². The number of oxime groups is 1. The number of primary amides is 1. The van der Waals surface area contributed by atoms with Gasteiger partial charge in [-0.1, -0.05) is 5.16 Å². The van der Waals surface area contributed by atoms with Gasteiger partial charge in [-0.05, 0) is 25.7 Å². The number of unbranched alkanes of at least 4 members (excludes halogenated alkanes) is 1. The highest BCUT2D eigenvalue weighted by Crippen LogP contribution is 2.45. The lowest BCUT2D eigenvalue weighted by atomic mass is 10.1. The maximum absolute atomic E-state index is 11.7. The number of hydrogen-bond acceptors (Lipinski definition) is 4. The predicted octanol–water partition coefficient (Wildman–Crippen LogP) is -0.715. The number of amides is 2. The number of carbonyl (C=O) groups is 2. The number of carbonyl (C=O) groups excluding carboxylic acids is 2. The van der Waals surface area contributed by atoms with Gasteiger partial charge in [0, 0.05) is 13.0 Å². The Kier molecular flexibility index (Phi) is 4.30. The van der Waals surface area contributed by atoms with Crippen molar-refractivity contribution in [2.45, 2.75) is 32.1 Å². The summed E-state index contributed by atoms with van der Waals surface area (Å²) in [5, 5.41) is 14.2. The Hall–Kier alpha value is -1.79. The van der Waals surface area contributed by atoms with E-state index in [4.69, 9.17) is 16.7 Å². The van der Waals surface area contributed by atoms with Gasteiger partial charge in [-0.3, -0.25) is 9.59 Å². The average molecular weight is 242 g/mol. The first-order valence-electron chi connectivity index (χ1n) is 5.57. The van der Waals surface area contributed by atoms with Crippen LogP contribution in [0.3, 0.4) is 0 Å². The Bertz CT molecular complexity index is 336. The fourth-order valence-electron chi connectivity index (χ4n) is 1.62. The molecule has 0 bridgehead atoms. The molecule has 7 heteroatoms. The highest BCUT2D eigenvalue weighted by molar-refractivity contribution is 6.09. The zero-order valence-corrected chi connectivity index (χ0v) is 9.61. The topological polar surface area (TPSA) is 131 Å². The first-order valence-corrected chi connectivity index (χ1v) is 5.57. The lowest BCUT2D eigenvalue weighted by molar-refractivity contribution is -0.124. The van der Waals surface area contributed by atoms with Gasteiger partial charge in [0.15, 0.2) is 5.84 Å². The molecule has 2 amide bonds. The Morgan fingerprint density at radius 3 is 2.41 bits per heavy atom. The molecule has 0 aromatic rings. The van der Waals surface area contributed by atoms with Crippen LogP contribution in [0.15, 0.2) is 5.16 Å². The Morgan fingerprint density at radius 1 is 1.29 bits per heavy atom. The molecule has 17 heavy (non-hydrogen) atoms. The molecule has 0 saturated heterocycles. The fraction of sp³-hybridized carbons (Fsp3) is 0.700. The molecule has 0 heterocycles. The van der Waals surface area contributed by atoms with Crippen molar-refractivity contribution >= 4 is 17.6 Å². The van der Waals surface area contributed by atoms with E-state index < -0.39 is 5.41 Å². The maximum atomic E-state index is 11.7. The monoisotopic (exact) mass is 242 g/mol. The minimum atomic E-state index is -0.807. The largest absolute Gasteiger partial charge is 0.409 e. The summed E-state index contributed by atoms with van der Waals surface area (Å²) in [4.78, 5) is 22.2. The van der Waals surface area contributed by atoms with Crippen molar-refractivity contribution in [1.29, 1.82) is 0 Å². The molecule has 0 aromatic heterocycles. The van der Waals surface area contributed by atoms with Crippen LogP contribution in [0, 0.1) is 5.41 Å². The summed E-state index contributed by atoms with van der Waals surface area (Å²) in [7, 11) is 0. The molecule has 96 valence electrons. The third-order valence-corrected chi connectivity index (χ3v) is 2.92. The average Bonchev–Trinajstić information content (AvgIpc) is 3.08. The van der Waals surface area contributed by atoms with Crippen LogP contribution in [0.1, 0.15) is 32.1 Å². The SMILES string of the molecule is NC(=O)CCCCNC(=O)C1(C(N)=NO)CC1. The first-order chi connectivity index (χ1) is 8.03. The summed E-state index contributed by atoms with van der Waals surface area (Å²) in [6.07, 6.45) is 2.86. The van der Waals surface area contributed by atoms with Gasteiger partial charge in [0.2, 0.25) is 11.8 Å². The molecule has 0 atom stereocenters. The number of nitrogens with two attached hydrogens (primary N) is 2. The zero-order valence-electron chi connectivity index (χ0n) is 9.61. The van der Waals surface area contributed by atoms with Crippen LogP contribution in [-0.4, -0.2) is 29.4 Å². The molecule has 0 radical (unpaired) electrons. The van der Waals surface area contributed by atoms with E-state index in [0.29, 0.717) is 38.6 Å². The summed E-state index contributed by atoms with van der Waals surface area (Å²) in [5.74, 6) is -0.592. The van der Waals surface area contributed by atoms with Crippen molar-refractivity contribution < 1.29 is 14.8 Å². The second-order valence-corrected chi connectivity index (χ2v) is 4.25. The van der Waals surface area contributed by atoms with Gasteiger partial charge in [-0.25, -0.2) is 0 Å². The molecule has 0 unspecified atom stereocenters. The molecule has 1 aliphatic rings. The highest BCUT2D eigenvalue weighted by Gasteiger charge is 2.53. The third kappa shape index (κ3) is 3.33. The zero-order chi connectivity index (χ0) is 12.9. The van der Waals surface area contributed by atoms with E-state index in [1.165, 1.54) is 0 Å². The van der Waals surface area contributed by atoms with Crippen LogP contribution in [-0.2, 0) is 9.59 Å². The van der Waals surface area contributed by atoms with E-state index in [2.05, 4.69) is 10.5 Å². The van der Waals surface area contributed by atoms with Gasteiger partial charge in [-0.15, -0.1) is 0 Å². The standard InChI is InChI=1S/C10H18N4O3/c11-7(15)3-1-2-6-13-9(16)10(4-5-10)8(12)14-17/h17H,1-6H2,(H2,11,15)(H2,12,14)(H,13,16). The molecule has 6 N–H and O–H groups in total. The van der Waals surface area contributed by atoms with Gasteiger partial charge in [0.1, 0.15) is 5.41 Å². The Labute approximate surface area is 99.2 Å². The van der Waals surface area contributed by atoms with Crippen molar-refractivity contribution in [3.8, 4) is 0 Å². The first kappa shape index (κ1) is 13.3. The van der Waals surface area contributed by atoms with E-state index >= 15 is 0 Å². The number of rotatable bonds is 7. The fourth-order valence-corrected chi connectivity index (χ4v) is 1.62. The maximum Gasteiger partial charge on any atom is 0.233 e. The van der Waals surface area contributed by atoms with E-state index in [9.17, 15) is 9.59 Å². The van der Waals surface area contributed by atoms with Crippen LogP contribution >= 0.6 is 0 Å². The molecule has 1 rings (SSSR count). The molecule has 1 aliphatic carbocycles. The van der Waals surface area contributed by atoms with Gasteiger partial charge in [0.25, 0.3) is 0 Å². The molecule has 7 nitrogen and oxygen atoms in total. The highest BCUT2D eigenvalue weighted by atomic mass is 16.4. The molecular weight excluding hydrogens is 224 g/mol. The van der Waals surface area contributed by atoms with Crippen LogP contribution < -0.4 is 16.8 Å². The summed E-state index contributed by atoms with van der Waals surface area (Å²) in [5.41, 5.74) is 9.64. The summed E-state index contributed by atoms with van der Waals surface area (Å²) in [6.45, 7) is 0.465. The van der Waals surface area contributed by atoms with Crippen molar-refractivity contribution in [3.63, 3.8) is 0 Å². The lowest BCUT2D eigenvalue weighted by Crippen LogP contribution is -2.41. The molecule has 0 aromatic carbocycles. The minimum Gasteiger partial charge on any atom is -0.409 e. The Morgan fingerprint density at radius 2 is 1.94 bits per heavy atom. The number of amidine groups is 1. The second-order valence-electron chi connectivity index (χ2n) is 4.25. The normalized spacial score (nSPS) is 17.5. The van der Waals surface area contributed by atoms with Crippen molar-refractivity contribution in [2.75, 3.05) is 6.54 Å². The molecule has 0 spiro atoms. The van der Waals surface area contributed by atoms with Gasteiger partial charge in [-0.2, -0.15) is 0 Å². The quantitative estimate of drug-likeness (QED) is 0.154. The van der Waals surface area contributed by atoms with Gasteiger partial charge < -0.3 is 22.0 Å². The number of nitrogens with one attached hydrogen (secondary N) is 1. The summed E-state index contributed by atoms with van der Waals surface area (Å²) in [6, 6.07) is 0. The van der Waals surface area contributed by atoms with E-state index in [1.807, 2.05) is 0 Å². The molecule has 0 aliphatic heterocycles. The molecular formula is C10H18N4O3. The number of nitrogens with zero attached hydrogens (tertiary/aromatic N) is 1. The minimum absolute atomic E-state index is 0.0351. The lowest BCUT2D eigenvalue weighted by Gasteiger charge is -2.13. The Balaban J connectivity index is 2.24. The second kappa shape index (κ2) is 5.51. The molecule has 1 saturated carbocycles. The van der Waals surface area contributed by atoms with E-state index in [-0.39, 0.29) is 17.6 Å². The van der Waals surface area contributed by atoms with Crippen LogP contribution in [0.2, 0.25) is 0 Å². The van der Waals surface area contributed by atoms with Crippen molar-refractivity contribution in [2.24, 2.45) is 22.0 Å². The van der Waals surface area contributed by atoms with Crippen molar-refractivity contribution in [1.82, 2.24) is 5.32 Å². The van der Waals surface area contributed by atoms with Crippen LogP contribution in [0.5, 0.6) is 0 Å². The third-order valence-electron chi connectivity index (χ3n) is 2.92. The van der Waals surface area contributed by atoms with Gasteiger partial charge >= 0.3 is 0 Å². The van der Waals surface area contributed by atoms with Gasteiger partial charge in [0.05, 0.1) is 0 Å². The van der Waals surface area contributed by atoms with E-state index in [0.717, 1.165) is 0 Å². The smallest absolute Gasteiger partial charge is 0.233 e. The van der Waals surface area contributed by atoms with Crippen LogP contribution in [0.25, 0.3) is 0 Å². The van der Waals surface area contributed by atoms with Crippen molar-refractivity contribution in [3.05, 3.63) is 0 Å². The summed E-state index contributed by atoms with van der Waals surface area (Å²) >= 11 is 0.